The summed E-state index contributed by atoms with van der Waals surface area (Å²) in [6.45, 7) is 1.53. The Morgan fingerprint density at radius 1 is 1.42 bits per heavy atom. The summed E-state index contributed by atoms with van der Waals surface area (Å²) in [5.74, 6) is 0. The van der Waals surface area contributed by atoms with Crippen LogP contribution in [0, 0.1) is 11.3 Å². The highest BCUT2D eigenvalue weighted by atomic mass is 32.2. The highest BCUT2D eigenvalue weighted by Gasteiger charge is 2.29. The molecule has 0 bridgehead atoms. The molecule has 102 valence electrons. The van der Waals surface area contributed by atoms with Gasteiger partial charge in [0.15, 0.2) is 0 Å². The lowest BCUT2D eigenvalue weighted by molar-refractivity contribution is 0.586. The van der Waals surface area contributed by atoms with Crippen molar-refractivity contribution in [1.29, 1.82) is 5.26 Å². The summed E-state index contributed by atoms with van der Waals surface area (Å²) >= 11 is 1.35. The lowest BCUT2D eigenvalue weighted by Crippen LogP contribution is -2.31. The summed E-state index contributed by atoms with van der Waals surface area (Å²) in [4.78, 5) is 1.05. The Morgan fingerprint density at radius 3 is 2.89 bits per heavy atom. The van der Waals surface area contributed by atoms with Gasteiger partial charge in [-0.05, 0) is 31.4 Å². The SMILES string of the molecule is N#Cc1c(NS(=O)(=O)NC2CC2)sc2c1CCNC2. The third kappa shape index (κ3) is 2.74. The van der Waals surface area contributed by atoms with Gasteiger partial charge in [0.25, 0.3) is 10.2 Å². The normalized spacial score (nSPS) is 18.7. The highest BCUT2D eigenvalue weighted by Crippen LogP contribution is 2.35. The lowest BCUT2D eigenvalue weighted by Gasteiger charge is -2.11. The van der Waals surface area contributed by atoms with E-state index in [0.717, 1.165) is 36.2 Å². The van der Waals surface area contributed by atoms with Crippen molar-refractivity contribution in [2.45, 2.75) is 31.8 Å². The van der Waals surface area contributed by atoms with Crippen LogP contribution in [0.3, 0.4) is 0 Å². The van der Waals surface area contributed by atoms with E-state index in [1.165, 1.54) is 11.3 Å². The van der Waals surface area contributed by atoms with Crippen molar-refractivity contribution in [1.82, 2.24) is 10.0 Å². The molecule has 1 fully saturated rings. The molecule has 0 unspecified atom stereocenters. The van der Waals surface area contributed by atoms with Crippen LogP contribution in [0.1, 0.15) is 28.8 Å². The lowest BCUT2D eigenvalue weighted by atomic mass is 10.1. The molecular weight excluding hydrogens is 284 g/mol. The van der Waals surface area contributed by atoms with Crippen LogP contribution in [-0.2, 0) is 23.2 Å². The van der Waals surface area contributed by atoms with Gasteiger partial charge in [-0.15, -0.1) is 11.3 Å². The van der Waals surface area contributed by atoms with Crippen molar-refractivity contribution in [3.8, 4) is 6.07 Å². The Bertz CT molecular complexity index is 640. The molecule has 2 aliphatic rings. The minimum absolute atomic E-state index is 0.0549. The van der Waals surface area contributed by atoms with E-state index in [1.54, 1.807) is 0 Å². The molecule has 1 aliphatic heterocycles. The average molecular weight is 298 g/mol. The number of fused-ring (bicyclic) bond motifs is 1. The van der Waals surface area contributed by atoms with Crippen molar-refractivity contribution in [3.05, 3.63) is 16.0 Å². The molecule has 1 aromatic heterocycles. The van der Waals surface area contributed by atoms with E-state index in [4.69, 9.17) is 0 Å². The molecule has 1 saturated carbocycles. The van der Waals surface area contributed by atoms with Crippen LogP contribution in [0.4, 0.5) is 5.00 Å². The van der Waals surface area contributed by atoms with E-state index in [0.29, 0.717) is 17.1 Å². The highest BCUT2D eigenvalue weighted by molar-refractivity contribution is 7.91. The standard InChI is InChI=1S/C11H14N4O2S2/c12-5-9-8-3-4-13-6-10(8)18-11(9)15-19(16,17)14-7-1-2-7/h7,13-15H,1-4,6H2. The quantitative estimate of drug-likeness (QED) is 0.761. The number of thiophene rings is 1. The Morgan fingerprint density at radius 2 is 2.21 bits per heavy atom. The zero-order valence-electron chi connectivity index (χ0n) is 10.2. The molecule has 3 rings (SSSR count). The molecule has 0 aromatic carbocycles. The van der Waals surface area contributed by atoms with E-state index in [9.17, 15) is 13.7 Å². The molecule has 19 heavy (non-hydrogen) atoms. The van der Waals surface area contributed by atoms with Gasteiger partial charge >= 0.3 is 0 Å². The average Bonchev–Trinajstić information content (AvgIpc) is 3.08. The Balaban J connectivity index is 1.88. The summed E-state index contributed by atoms with van der Waals surface area (Å²) in [6, 6.07) is 2.18. The predicted octanol–water partition coefficient (Wildman–Crippen LogP) is 0.674. The Hall–Kier alpha value is -1.14. The van der Waals surface area contributed by atoms with Crippen LogP contribution in [-0.4, -0.2) is 21.0 Å². The fourth-order valence-electron chi connectivity index (χ4n) is 2.10. The predicted molar refractivity (Wildman–Crippen MR) is 73.1 cm³/mol. The van der Waals surface area contributed by atoms with Crippen LogP contribution in [0.25, 0.3) is 0 Å². The fourth-order valence-corrected chi connectivity index (χ4v) is 4.69. The molecule has 2 heterocycles. The molecule has 0 saturated heterocycles. The van der Waals surface area contributed by atoms with Gasteiger partial charge in [-0.1, -0.05) is 0 Å². The van der Waals surface area contributed by atoms with Crippen LogP contribution in [0.15, 0.2) is 0 Å². The molecule has 3 N–H and O–H groups in total. The third-order valence-electron chi connectivity index (χ3n) is 3.17. The van der Waals surface area contributed by atoms with E-state index in [1.807, 2.05) is 0 Å². The molecule has 0 amide bonds. The second-order valence-corrected chi connectivity index (χ2v) is 7.30. The molecule has 0 atom stereocenters. The van der Waals surface area contributed by atoms with Gasteiger partial charge < -0.3 is 5.32 Å². The van der Waals surface area contributed by atoms with E-state index >= 15 is 0 Å². The Labute approximate surface area is 116 Å². The summed E-state index contributed by atoms with van der Waals surface area (Å²) in [5, 5.41) is 12.9. The monoisotopic (exact) mass is 298 g/mol. The summed E-state index contributed by atoms with van der Waals surface area (Å²) in [6.07, 6.45) is 2.54. The molecule has 0 radical (unpaired) electrons. The second kappa shape index (κ2) is 4.76. The van der Waals surface area contributed by atoms with Crippen LogP contribution >= 0.6 is 11.3 Å². The number of rotatable bonds is 4. The minimum atomic E-state index is -3.56. The van der Waals surface area contributed by atoms with Crippen LogP contribution < -0.4 is 14.8 Å². The van der Waals surface area contributed by atoms with Gasteiger partial charge in [0.2, 0.25) is 0 Å². The van der Waals surface area contributed by atoms with Gasteiger partial charge in [-0.2, -0.15) is 18.4 Å². The molecule has 1 aliphatic carbocycles. The zero-order chi connectivity index (χ0) is 13.5. The smallest absolute Gasteiger partial charge is 0.300 e. The number of hydrogen-bond donors (Lipinski definition) is 3. The van der Waals surface area contributed by atoms with E-state index in [-0.39, 0.29) is 6.04 Å². The van der Waals surface area contributed by atoms with Crippen molar-refractivity contribution in [2.24, 2.45) is 0 Å². The van der Waals surface area contributed by atoms with Crippen molar-refractivity contribution < 1.29 is 8.42 Å². The first-order valence-electron chi connectivity index (χ1n) is 6.14. The fraction of sp³-hybridized carbons (Fsp3) is 0.545. The number of nitriles is 1. The van der Waals surface area contributed by atoms with Crippen molar-refractivity contribution in [3.63, 3.8) is 0 Å². The topological polar surface area (TPSA) is 94.0 Å². The van der Waals surface area contributed by atoms with E-state index < -0.39 is 10.2 Å². The number of nitrogens with one attached hydrogen (secondary N) is 3. The summed E-state index contributed by atoms with van der Waals surface area (Å²) in [5.41, 5.74) is 1.46. The third-order valence-corrected chi connectivity index (χ3v) is 5.56. The van der Waals surface area contributed by atoms with Crippen molar-refractivity contribution >= 4 is 26.5 Å². The maximum Gasteiger partial charge on any atom is 0.300 e. The minimum Gasteiger partial charge on any atom is -0.312 e. The zero-order valence-corrected chi connectivity index (χ0v) is 11.8. The first-order chi connectivity index (χ1) is 9.09. The molecule has 6 nitrogen and oxygen atoms in total. The van der Waals surface area contributed by atoms with Gasteiger partial charge in [0.1, 0.15) is 11.1 Å². The molecule has 1 aromatic rings. The molecule has 0 spiro atoms. The number of hydrogen-bond acceptors (Lipinski definition) is 5. The van der Waals surface area contributed by atoms with E-state index in [2.05, 4.69) is 20.8 Å². The maximum atomic E-state index is 11.9. The summed E-state index contributed by atoms with van der Waals surface area (Å²) < 4.78 is 28.8. The van der Waals surface area contributed by atoms with Gasteiger partial charge in [-0.3, -0.25) is 4.72 Å². The molecular formula is C11H14N4O2S2. The first-order valence-corrected chi connectivity index (χ1v) is 8.44. The van der Waals surface area contributed by atoms with Gasteiger partial charge in [0, 0.05) is 17.5 Å². The van der Waals surface area contributed by atoms with Gasteiger partial charge in [-0.25, -0.2) is 0 Å². The van der Waals surface area contributed by atoms with Crippen LogP contribution in [0.5, 0.6) is 0 Å². The summed E-state index contributed by atoms with van der Waals surface area (Å²) in [7, 11) is -3.56. The maximum absolute atomic E-state index is 11.9. The first kappa shape index (κ1) is 12.9. The van der Waals surface area contributed by atoms with Crippen molar-refractivity contribution in [2.75, 3.05) is 11.3 Å². The van der Waals surface area contributed by atoms with Crippen LogP contribution in [0.2, 0.25) is 0 Å². The second-order valence-electron chi connectivity index (χ2n) is 4.74. The van der Waals surface area contributed by atoms with Gasteiger partial charge in [0.05, 0.1) is 5.56 Å². The number of anilines is 1. The number of nitrogens with zero attached hydrogens (tertiary/aromatic N) is 1. The molecule has 8 heteroatoms. The Kier molecular flexibility index (Phi) is 3.22. The largest absolute Gasteiger partial charge is 0.312 e.